The summed E-state index contributed by atoms with van der Waals surface area (Å²) in [5.74, 6) is 0.803. The predicted molar refractivity (Wildman–Crippen MR) is 90.5 cm³/mol. The Morgan fingerprint density at radius 1 is 1.29 bits per heavy atom. The number of aliphatic hydroxyl groups is 1. The first-order chi connectivity index (χ1) is 11.5. The molecule has 0 spiro atoms. The van der Waals surface area contributed by atoms with Crippen LogP contribution in [0.25, 0.3) is 0 Å². The summed E-state index contributed by atoms with van der Waals surface area (Å²) in [6.45, 7) is 4.91. The number of methoxy groups -OCH3 is 1. The van der Waals surface area contributed by atoms with Crippen LogP contribution in [0.15, 0.2) is 35.9 Å². The number of benzene rings is 1. The van der Waals surface area contributed by atoms with E-state index in [9.17, 15) is 9.90 Å². The van der Waals surface area contributed by atoms with E-state index in [4.69, 9.17) is 9.47 Å². The summed E-state index contributed by atoms with van der Waals surface area (Å²) in [5, 5.41) is 10.3. The van der Waals surface area contributed by atoms with Crippen LogP contribution in [0.2, 0.25) is 0 Å². The van der Waals surface area contributed by atoms with Crippen LogP contribution in [0.5, 0.6) is 5.75 Å². The Balaban J connectivity index is 1.72. The second-order valence-corrected chi connectivity index (χ2v) is 6.55. The Kier molecular flexibility index (Phi) is 4.65. The highest BCUT2D eigenvalue weighted by atomic mass is 16.6. The van der Waals surface area contributed by atoms with Gasteiger partial charge in [0.2, 0.25) is 5.91 Å². The molecule has 1 aliphatic heterocycles. The van der Waals surface area contributed by atoms with Gasteiger partial charge in [-0.3, -0.25) is 4.79 Å². The number of hydrogen-bond donors (Lipinski definition) is 1. The van der Waals surface area contributed by atoms with E-state index in [0.29, 0.717) is 13.2 Å². The van der Waals surface area contributed by atoms with Crippen molar-refractivity contribution in [1.82, 2.24) is 4.90 Å². The molecule has 2 aliphatic rings. The van der Waals surface area contributed by atoms with Crippen molar-refractivity contribution < 1.29 is 19.4 Å². The summed E-state index contributed by atoms with van der Waals surface area (Å²) in [5.41, 5.74) is 1.70. The molecule has 1 fully saturated rings. The van der Waals surface area contributed by atoms with E-state index in [2.05, 4.69) is 0 Å². The van der Waals surface area contributed by atoms with Crippen molar-refractivity contribution in [3.8, 4) is 5.75 Å². The maximum absolute atomic E-state index is 12.5. The van der Waals surface area contributed by atoms with Crippen molar-refractivity contribution in [2.24, 2.45) is 5.41 Å². The lowest BCUT2D eigenvalue weighted by Crippen LogP contribution is -2.32. The summed E-state index contributed by atoms with van der Waals surface area (Å²) in [6, 6.07) is 7.74. The number of ether oxygens (including phenoxy) is 2. The molecule has 0 radical (unpaired) electrons. The fourth-order valence-corrected chi connectivity index (χ4v) is 3.41. The number of carbonyl (C=O) groups excluding carboxylic acids is 1. The molecule has 0 bridgehead atoms. The molecule has 1 saturated carbocycles. The van der Waals surface area contributed by atoms with Crippen LogP contribution in [0.1, 0.15) is 38.3 Å². The zero-order valence-electron chi connectivity index (χ0n) is 14.5. The molecule has 130 valence electrons. The van der Waals surface area contributed by atoms with Crippen LogP contribution < -0.4 is 4.74 Å². The molecular formula is C19H25NO4. The third-order valence-corrected chi connectivity index (χ3v) is 5.21. The van der Waals surface area contributed by atoms with Gasteiger partial charge in [0.05, 0.1) is 13.2 Å². The van der Waals surface area contributed by atoms with Crippen LogP contribution in [0.3, 0.4) is 0 Å². The monoisotopic (exact) mass is 331 g/mol. The molecule has 3 rings (SSSR count). The molecule has 1 heterocycles. The first-order valence-electron chi connectivity index (χ1n) is 8.47. The van der Waals surface area contributed by atoms with Crippen molar-refractivity contribution in [2.45, 2.75) is 39.0 Å². The highest BCUT2D eigenvalue weighted by Gasteiger charge is 2.54. The maximum Gasteiger partial charge on any atom is 0.247 e. The Labute approximate surface area is 142 Å². The molecule has 5 nitrogen and oxygen atoms in total. The third-order valence-electron chi connectivity index (χ3n) is 5.21. The minimum atomic E-state index is -0.821. The lowest BCUT2D eigenvalue weighted by Gasteiger charge is -2.28. The number of rotatable bonds is 7. The van der Waals surface area contributed by atoms with Crippen molar-refractivity contribution in [2.75, 3.05) is 20.3 Å². The first kappa shape index (κ1) is 17.0. The Morgan fingerprint density at radius 2 is 1.96 bits per heavy atom. The minimum absolute atomic E-state index is 0.00305. The van der Waals surface area contributed by atoms with Crippen LogP contribution in [0.4, 0.5) is 0 Å². The van der Waals surface area contributed by atoms with Gasteiger partial charge in [0, 0.05) is 24.6 Å². The lowest BCUT2D eigenvalue weighted by molar-refractivity contribution is -0.132. The standard InChI is InChI=1S/C19H25NO4/c1-4-24-18(22)19(9-10-19)15-11-17(21)20(12-15)13(2)14-5-7-16(23-3)8-6-14/h5-8,11,13,18,22H,4,9-10,12H2,1-3H3/t13-,18?/m1/s1. The van der Waals surface area contributed by atoms with Gasteiger partial charge in [-0.05, 0) is 50.0 Å². The highest BCUT2D eigenvalue weighted by Crippen LogP contribution is 2.56. The molecular weight excluding hydrogens is 306 g/mol. The average molecular weight is 331 g/mol. The normalized spacial score (nSPS) is 21.4. The SMILES string of the molecule is CCOC(O)C1(C2=CC(=O)N([C@H](C)c3ccc(OC)cc3)C2)CC1. The summed E-state index contributed by atoms with van der Waals surface area (Å²) in [4.78, 5) is 14.3. The number of amides is 1. The van der Waals surface area contributed by atoms with E-state index in [1.807, 2.05) is 43.0 Å². The summed E-state index contributed by atoms with van der Waals surface area (Å²) < 4.78 is 10.6. The van der Waals surface area contributed by atoms with Gasteiger partial charge in [0.1, 0.15) is 5.75 Å². The minimum Gasteiger partial charge on any atom is -0.497 e. The smallest absolute Gasteiger partial charge is 0.247 e. The van der Waals surface area contributed by atoms with E-state index < -0.39 is 6.29 Å². The molecule has 24 heavy (non-hydrogen) atoms. The molecule has 1 amide bonds. The van der Waals surface area contributed by atoms with Gasteiger partial charge in [-0.15, -0.1) is 0 Å². The molecule has 1 aliphatic carbocycles. The fourth-order valence-electron chi connectivity index (χ4n) is 3.41. The zero-order valence-corrected chi connectivity index (χ0v) is 14.5. The van der Waals surface area contributed by atoms with E-state index in [1.54, 1.807) is 13.2 Å². The Hall–Kier alpha value is -1.85. The van der Waals surface area contributed by atoms with Crippen LogP contribution in [-0.4, -0.2) is 42.5 Å². The number of carbonyl (C=O) groups is 1. The van der Waals surface area contributed by atoms with Gasteiger partial charge in [0.15, 0.2) is 6.29 Å². The molecule has 2 atom stereocenters. The highest BCUT2D eigenvalue weighted by molar-refractivity contribution is 5.92. The summed E-state index contributed by atoms with van der Waals surface area (Å²) >= 11 is 0. The molecule has 0 saturated heterocycles. The van der Waals surface area contributed by atoms with E-state index >= 15 is 0 Å². The zero-order chi connectivity index (χ0) is 17.3. The number of aliphatic hydroxyl groups excluding tert-OH is 1. The van der Waals surface area contributed by atoms with Crippen molar-refractivity contribution in [1.29, 1.82) is 0 Å². The molecule has 1 unspecified atom stereocenters. The predicted octanol–water partition coefficient (Wildman–Crippen LogP) is 2.66. The fraction of sp³-hybridized carbons (Fsp3) is 0.526. The number of hydrogen-bond acceptors (Lipinski definition) is 4. The van der Waals surface area contributed by atoms with Gasteiger partial charge >= 0.3 is 0 Å². The third kappa shape index (κ3) is 2.94. The molecule has 1 aromatic rings. The lowest BCUT2D eigenvalue weighted by atomic mass is 9.95. The van der Waals surface area contributed by atoms with Crippen LogP contribution in [-0.2, 0) is 9.53 Å². The molecule has 0 aromatic heterocycles. The molecule has 1 N–H and O–H groups in total. The molecule has 1 aromatic carbocycles. The second kappa shape index (κ2) is 6.57. The quantitative estimate of drug-likeness (QED) is 0.781. The number of nitrogens with zero attached hydrogens (tertiary/aromatic N) is 1. The van der Waals surface area contributed by atoms with Crippen molar-refractivity contribution >= 4 is 5.91 Å². The van der Waals surface area contributed by atoms with Gasteiger partial charge in [0.25, 0.3) is 0 Å². The largest absolute Gasteiger partial charge is 0.497 e. The average Bonchev–Trinajstić information content (AvgIpc) is 3.32. The van der Waals surface area contributed by atoms with E-state index in [0.717, 1.165) is 29.7 Å². The molecule has 5 heteroatoms. The van der Waals surface area contributed by atoms with Gasteiger partial charge in [-0.2, -0.15) is 0 Å². The van der Waals surface area contributed by atoms with Crippen molar-refractivity contribution in [3.05, 3.63) is 41.5 Å². The van der Waals surface area contributed by atoms with E-state index in [1.165, 1.54) is 0 Å². The maximum atomic E-state index is 12.5. The Bertz CT molecular complexity index is 633. The Morgan fingerprint density at radius 3 is 2.50 bits per heavy atom. The topological polar surface area (TPSA) is 59.0 Å². The van der Waals surface area contributed by atoms with Gasteiger partial charge < -0.3 is 19.5 Å². The second-order valence-electron chi connectivity index (χ2n) is 6.55. The summed E-state index contributed by atoms with van der Waals surface area (Å²) in [7, 11) is 1.64. The van der Waals surface area contributed by atoms with Crippen LogP contribution >= 0.6 is 0 Å². The van der Waals surface area contributed by atoms with Crippen molar-refractivity contribution in [3.63, 3.8) is 0 Å². The van der Waals surface area contributed by atoms with Gasteiger partial charge in [-0.25, -0.2) is 0 Å². The van der Waals surface area contributed by atoms with Crippen LogP contribution in [0, 0.1) is 5.41 Å². The van der Waals surface area contributed by atoms with Gasteiger partial charge in [-0.1, -0.05) is 12.1 Å². The van der Waals surface area contributed by atoms with E-state index in [-0.39, 0.29) is 17.4 Å². The summed E-state index contributed by atoms with van der Waals surface area (Å²) in [6.07, 6.45) is 2.61. The first-order valence-corrected chi connectivity index (χ1v) is 8.47.